The lowest BCUT2D eigenvalue weighted by molar-refractivity contribution is -0.138. The number of nitrogens with one attached hydrogen (secondary N) is 1. The second-order valence-corrected chi connectivity index (χ2v) is 3.83. The lowest BCUT2D eigenvalue weighted by Crippen LogP contribution is -2.40. The van der Waals surface area contributed by atoms with Crippen LogP contribution in [0.5, 0.6) is 0 Å². The highest BCUT2D eigenvalue weighted by Gasteiger charge is 2.30. The summed E-state index contributed by atoms with van der Waals surface area (Å²) < 4.78 is 41.8. The predicted octanol–water partition coefficient (Wildman–Crippen LogP) is 3.12. The number of rotatable bonds is 8. The molecule has 0 aliphatic heterocycles. The molecule has 16 heavy (non-hydrogen) atoms. The van der Waals surface area contributed by atoms with E-state index in [0.29, 0.717) is 6.61 Å². The third-order valence-corrected chi connectivity index (χ3v) is 2.51. The van der Waals surface area contributed by atoms with Crippen molar-refractivity contribution in [2.75, 3.05) is 13.7 Å². The average Bonchev–Trinajstić information content (AvgIpc) is 2.17. The monoisotopic (exact) mass is 241 g/mol. The molecule has 0 aromatic carbocycles. The highest BCUT2D eigenvalue weighted by Crippen LogP contribution is 2.24. The van der Waals surface area contributed by atoms with Crippen molar-refractivity contribution in [1.82, 2.24) is 5.32 Å². The molecule has 2 nitrogen and oxygen atoms in total. The summed E-state index contributed by atoms with van der Waals surface area (Å²) in [5.74, 6) is 0. The molecular weight excluding hydrogens is 219 g/mol. The van der Waals surface area contributed by atoms with Gasteiger partial charge in [-0.3, -0.25) is 0 Å². The van der Waals surface area contributed by atoms with Gasteiger partial charge in [-0.25, -0.2) is 0 Å². The standard InChI is InChI=1S/C11H22F3NO/c1-4-6-10(16-5-2)9(15-3)7-8-11(12,13)14/h9-10,15H,4-8H2,1-3H3. The van der Waals surface area contributed by atoms with Crippen LogP contribution in [0.3, 0.4) is 0 Å². The summed E-state index contributed by atoms with van der Waals surface area (Å²) in [4.78, 5) is 0. The SMILES string of the molecule is CCCC(OCC)C(CCC(F)(F)F)NC. The van der Waals surface area contributed by atoms with E-state index in [0.717, 1.165) is 12.8 Å². The van der Waals surface area contributed by atoms with Crippen molar-refractivity contribution in [2.45, 2.75) is 57.9 Å². The van der Waals surface area contributed by atoms with Crippen LogP contribution in [0.15, 0.2) is 0 Å². The minimum atomic E-state index is -4.09. The molecule has 0 rings (SSSR count). The highest BCUT2D eigenvalue weighted by atomic mass is 19.4. The molecule has 0 aliphatic rings. The van der Waals surface area contributed by atoms with Crippen LogP contribution < -0.4 is 5.32 Å². The molecule has 5 heteroatoms. The van der Waals surface area contributed by atoms with Gasteiger partial charge in [0.15, 0.2) is 0 Å². The summed E-state index contributed by atoms with van der Waals surface area (Å²) in [6.45, 7) is 4.40. The van der Waals surface area contributed by atoms with Crippen molar-refractivity contribution >= 4 is 0 Å². The number of halogens is 3. The van der Waals surface area contributed by atoms with E-state index in [9.17, 15) is 13.2 Å². The molecule has 0 amide bonds. The Balaban J connectivity index is 4.19. The normalized spacial score (nSPS) is 16.1. The van der Waals surface area contributed by atoms with Gasteiger partial charge < -0.3 is 10.1 Å². The van der Waals surface area contributed by atoms with Crippen molar-refractivity contribution in [3.8, 4) is 0 Å². The minimum absolute atomic E-state index is 0.0741. The van der Waals surface area contributed by atoms with Crippen molar-refractivity contribution < 1.29 is 17.9 Å². The van der Waals surface area contributed by atoms with E-state index in [2.05, 4.69) is 5.32 Å². The van der Waals surface area contributed by atoms with Gasteiger partial charge in [-0.15, -0.1) is 0 Å². The maximum Gasteiger partial charge on any atom is 0.389 e. The Labute approximate surface area is 95.5 Å². The first kappa shape index (κ1) is 15.7. The minimum Gasteiger partial charge on any atom is -0.377 e. The van der Waals surface area contributed by atoms with Crippen LogP contribution in [-0.2, 0) is 4.74 Å². The van der Waals surface area contributed by atoms with Crippen molar-refractivity contribution in [2.24, 2.45) is 0 Å². The molecule has 0 aliphatic carbocycles. The molecule has 0 saturated heterocycles. The average molecular weight is 241 g/mol. The number of hydrogen-bond acceptors (Lipinski definition) is 2. The van der Waals surface area contributed by atoms with Gasteiger partial charge in [-0.2, -0.15) is 13.2 Å². The lowest BCUT2D eigenvalue weighted by Gasteiger charge is -2.26. The summed E-state index contributed by atoms with van der Waals surface area (Å²) in [5, 5.41) is 2.92. The molecule has 0 heterocycles. The summed E-state index contributed by atoms with van der Waals surface area (Å²) in [7, 11) is 1.68. The zero-order chi connectivity index (χ0) is 12.6. The number of ether oxygens (including phenoxy) is 1. The Morgan fingerprint density at radius 3 is 2.19 bits per heavy atom. The van der Waals surface area contributed by atoms with Crippen molar-refractivity contribution in [3.63, 3.8) is 0 Å². The Kier molecular flexibility index (Phi) is 7.76. The lowest BCUT2D eigenvalue weighted by atomic mass is 10.0. The first-order chi connectivity index (χ1) is 7.44. The van der Waals surface area contributed by atoms with E-state index in [-0.39, 0.29) is 18.6 Å². The van der Waals surface area contributed by atoms with Gasteiger partial charge in [0.25, 0.3) is 0 Å². The molecule has 0 bridgehead atoms. The molecule has 0 fully saturated rings. The van der Waals surface area contributed by atoms with E-state index < -0.39 is 12.6 Å². The molecule has 0 saturated carbocycles. The summed E-state index contributed by atoms with van der Waals surface area (Å²) >= 11 is 0. The second kappa shape index (κ2) is 7.90. The van der Waals surface area contributed by atoms with Crippen LogP contribution >= 0.6 is 0 Å². The smallest absolute Gasteiger partial charge is 0.377 e. The highest BCUT2D eigenvalue weighted by molar-refractivity contribution is 4.76. The zero-order valence-electron chi connectivity index (χ0n) is 10.2. The molecule has 98 valence electrons. The molecule has 1 N–H and O–H groups in total. The number of hydrogen-bond donors (Lipinski definition) is 1. The quantitative estimate of drug-likeness (QED) is 0.705. The molecule has 0 aromatic heterocycles. The molecule has 2 unspecified atom stereocenters. The van der Waals surface area contributed by atoms with Crippen LogP contribution in [-0.4, -0.2) is 32.0 Å². The zero-order valence-corrected chi connectivity index (χ0v) is 10.2. The maximum absolute atomic E-state index is 12.1. The first-order valence-electron chi connectivity index (χ1n) is 5.80. The molecular formula is C11H22F3NO. The van der Waals surface area contributed by atoms with Crippen LogP contribution in [0.4, 0.5) is 13.2 Å². The molecule has 0 spiro atoms. The van der Waals surface area contributed by atoms with Crippen LogP contribution in [0, 0.1) is 0 Å². The molecule has 0 aromatic rings. The third-order valence-electron chi connectivity index (χ3n) is 2.51. The van der Waals surface area contributed by atoms with Gasteiger partial charge >= 0.3 is 6.18 Å². The Bertz CT molecular complexity index is 167. The van der Waals surface area contributed by atoms with Crippen molar-refractivity contribution in [1.29, 1.82) is 0 Å². The van der Waals surface area contributed by atoms with Gasteiger partial charge in [0.05, 0.1) is 6.10 Å². The Morgan fingerprint density at radius 1 is 1.19 bits per heavy atom. The van der Waals surface area contributed by atoms with Crippen LogP contribution in [0.25, 0.3) is 0 Å². The van der Waals surface area contributed by atoms with E-state index in [4.69, 9.17) is 4.74 Å². The van der Waals surface area contributed by atoms with Gasteiger partial charge in [0.2, 0.25) is 0 Å². The fourth-order valence-electron chi connectivity index (χ4n) is 1.73. The summed E-state index contributed by atoms with van der Waals surface area (Å²) in [6.07, 6.45) is -3.19. The topological polar surface area (TPSA) is 21.3 Å². The fourth-order valence-corrected chi connectivity index (χ4v) is 1.73. The second-order valence-electron chi connectivity index (χ2n) is 3.83. The van der Waals surface area contributed by atoms with E-state index in [1.54, 1.807) is 7.05 Å². The number of likely N-dealkylation sites (N-methyl/N-ethyl adjacent to an activating group) is 1. The van der Waals surface area contributed by atoms with Gasteiger partial charge in [0.1, 0.15) is 0 Å². The fraction of sp³-hybridized carbons (Fsp3) is 1.00. The van der Waals surface area contributed by atoms with Gasteiger partial charge in [-0.05, 0) is 26.8 Å². The maximum atomic E-state index is 12.1. The van der Waals surface area contributed by atoms with Crippen LogP contribution in [0.1, 0.15) is 39.5 Å². The largest absolute Gasteiger partial charge is 0.389 e. The summed E-state index contributed by atoms with van der Waals surface area (Å²) in [6, 6.07) is -0.221. The Morgan fingerprint density at radius 2 is 1.81 bits per heavy atom. The Hall–Kier alpha value is -0.290. The van der Waals surface area contributed by atoms with Gasteiger partial charge in [0, 0.05) is 19.1 Å². The predicted molar refractivity (Wildman–Crippen MR) is 58.5 cm³/mol. The van der Waals surface area contributed by atoms with Gasteiger partial charge in [-0.1, -0.05) is 13.3 Å². The van der Waals surface area contributed by atoms with Crippen LogP contribution in [0.2, 0.25) is 0 Å². The first-order valence-corrected chi connectivity index (χ1v) is 5.80. The third kappa shape index (κ3) is 7.06. The molecule has 2 atom stereocenters. The van der Waals surface area contributed by atoms with E-state index in [1.165, 1.54) is 0 Å². The van der Waals surface area contributed by atoms with E-state index in [1.807, 2.05) is 13.8 Å². The number of alkyl halides is 3. The summed E-state index contributed by atoms with van der Waals surface area (Å²) in [5.41, 5.74) is 0. The molecule has 0 radical (unpaired) electrons. The van der Waals surface area contributed by atoms with E-state index >= 15 is 0 Å². The van der Waals surface area contributed by atoms with Crippen molar-refractivity contribution in [3.05, 3.63) is 0 Å².